The lowest BCUT2D eigenvalue weighted by Gasteiger charge is -2.12. The zero-order chi connectivity index (χ0) is 19.9. The number of hydrogen-bond acceptors (Lipinski definition) is 4. The van der Waals surface area contributed by atoms with Crippen LogP contribution >= 0.6 is 0 Å². The predicted molar refractivity (Wildman–Crippen MR) is 107 cm³/mol. The fourth-order valence-electron chi connectivity index (χ4n) is 3.38. The number of esters is 1. The summed E-state index contributed by atoms with van der Waals surface area (Å²) in [6.45, 7) is 9.95. The molecule has 2 heterocycles. The topological polar surface area (TPSA) is 63.8 Å². The van der Waals surface area contributed by atoms with Crippen molar-refractivity contribution in [2.24, 2.45) is 4.99 Å². The van der Waals surface area contributed by atoms with E-state index in [1.54, 1.807) is 13.0 Å². The molecule has 0 atom stereocenters. The number of aliphatic hydroxyl groups is 1. The minimum Gasteiger partial charge on any atom is -0.505 e. The molecule has 27 heavy (non-hydrogen) atoms. The van der Waals surface area contributed by atoms with Gasteiger partial charge in [-0.3, -0.25) is 0 Å². The molecule has 140 valence electrons. The largest absolute Gasteiger partial charge is 0.505 e. The minimum atomic E-state index is -0.585. The Bertz CT molecular complexity index is 1040. The SMILES string of the molecule is COC(=O)C1=C(O)/C(=C\c2cc(C)n(-c3ccc(C)c(C)c3)c2C)N=C1C. The highest BCUT2D eigenvalue weighted by Gasteiger charge is 2.27. The van der Waals surface area contributed by atoms with Crippen LogP contribution in [-0.2, 0) is 9.53 Å². The predicted octanol–water partition coefficient (Wildman–Crippen LogP) is 4.51. The summed E-state index contributed by atoms with van der Waals surface area (Å²) >= 11 is 0. The standard InChI is InChI=1S/C22H24N2O3/c1-12-7-8-18(9-13(12)2)24-14(3)10-17(16(24)5)11-19-21(25)20(15(4)23-19)22(26)27-6/h7-11,25H,1-6H3/b19-11+. The quantitative estimate of drug-likeness (QED) is 0.815. The van der Waals surface area contributed by atoms with E-state index in [0.717, 1.165) is 22.6 Å². The second-order valence-corrected chi connectivity index (χ2v) is 6.87. The first-order valence-electron chi connectivity index (χ1n) is 8.80. The van der Waals surface area contributed by atoms with Gasteiger partial charge in [-0.15, -0.1) is 0 Å². The molecule has 0 aliphatic carbocycles. The van der Waals surface area contributed by atoms with E-state index in [-0.39, 0.29) is 11.3 Å². The van der Waals surface area contributed by atoms with Crippen molar-refractivity contribution in [2.75, 3.05) is 7.11 Å². The number of hydrogen-bond donors (Lipinski definition) is 1. The molecular weight excluding hydrogens is 340 g/mol. The highest BCUT2D eigenvalue weighted by Crippen LogP contribution is 2.29. The number of carbonyl (C=O) groups is 1. The molecule has 1 N–H and O–H groups in total. The third-order valence-corrected chi connectivity index (χ3v) is 5.03. The molecule has 5 nitrogen and oxygen atoms in total. The van der Waals surface area contributed by atoms with Gasteiger partial charge in [0, 0.05) is 17.1 Å². The molecule has 0 radical (unpaired) electrons. The summed E-state index contributed by atoms with van der Waals surface area (Å²) in [6.07, 6.45) is 1.80. The van der Waals surface area contributed by atoms with Crippen LogP contribution in [0.4, 0.5) is 0 Å². The fraction of sp³-hybridized carbons (Fsp3) is 0.273. The normalized spacial score (nSPS) is 15.5. The molecule has 1 aliphatic heterocycles. The van der Waals surface area contributed by atoms with Gasteiger partial charge in [0.05, 0.1) is 12.8 Å². The molecule has 5 heteroatoms. The summed E-state index contributed by atoms with van der Waals surface area (Å²) in [5.74, 6) is -0.729. The number of rotatable bonds is 3. The van der Waals surface area contributed by atoms with Crippen LogP contribution in [0.3, 0.4) is 0 Å². The van der Waals surface area contributed by atoms with Crippen molar-refractivity contribution >= 4 is 17.8 Å². The monoisotopic (exact) mass is 364 g/mol. The Balaban J connectivity index is 2.08. The number of aliphatic imine (C=N–C) groups is 1. The van der Waals surface area contributed by atoms with Crippen LogP contribution < -0.4 is 0 Å². The summed E-state index contributed by atoms with van der Waals surface area (Å²) in [5, 5.41) is 10.4. The van der Waals surface area contributed by atoms with E-state index in [0.29, 0.717) is 11.4 Å². The van der Waals surface area contributed by atoms with E-state index in [2.05, 4.69) is 41.6 Å². The van der Waals surface area contributed by atoms with Gasteiger partial charge in [-0.05, 0) is 75.6 Å². The molecule has 1 aliphatic rings. The Hall–Kier alpha value is -3.08. The van der Waals surface area contributed by atoms with Gasteiger partial charge in [0.2, 0.25) is 0 Å². The summed E-state index contributed by atoms with van der Waals surface area (Å²) < 4.78 is 6.90. The summed E-state index contributed by atoms with van der Waals surface area (Å²) in [5.41, 5.74) is 7.58. The zero-order valence-electron chi connectivity index (χ0n) is 16.5. The van der Waals surface area contributed by atoms with Gasteiger partial charge in [0.1, 0.15) is 11.3 Å². The number of carbonyl (C=O) groups excluding carboxylic acids is 1. The molecule has 0 saturated heterocycles. The molecule has 0 spiro atoms. The highest BCUT2D eigenvalue weighted by atomic mass is 16.5. The van der Waals surface area contributed by atoms with E-state index in [1.807, 2.05) is 19.9 Å². The van der Waals surface area contributed by atoms with Gasteiger partial charge in [-0.2, -0.15) is 0 Å². The van der Waals surface area contributed by atoms with E-state index >= 15 is 0 Å². The lowest BCUT2D eigenvalue weighted by atomic mass is 10.1. The van der Waals surface area contributed by atoms with Crippen LogP contribution in [0.2, 0.25) is 0 Å². The lowest BCUT2D eigenvalue weighted by molar-refractivity contribution is -0.135. The number of benzene rings is 1. The van der Waals surface area contributed by atoms with Gasteiger partial charge in [-0.25, -0.2) is 9.79 Å². The highest BCUT2D eigenvalue weighted by molar-refractivity contribution is 6.22. The van der Waals surface area contributed by atoms with Crippen molar-refractivity contribution in [1.29, 1.82) is 0 Å². The van der Waals surface area contributed by atoms with Crippen LogP contribution in [0.25, 0.3) is 11.8 Å². The second kappa shape index (κ2) is 6.91. The third-order valence-electron chi connectivity index (χ3n) is 5.03. The molecule has 0 unspecified atom stereocenters. The summed E-state index contributed by atoms with van der Waals surface area (Å²) in [7, 11) is 1.29. The number of aliphatic hydroxyl groups excluding tert-OH is 1. The maximum absolute atomic E-state index is 11.9. The molecule has 0 bridgehead atoms. The Labute approximate surface area is 159 Å². The average Bonchev–Trinajstić information content (AvgIpc) is 3.05. The number of nitrogens with zero attached hydrogens (tertiary/aromatic N) is 2. The molecule has 2 aromatic rings. The second-order valence-electron chi connectivity index (χ2n) is 6.87. The molecule has 0 saturated carbocycles. The summed E-state index contributed by atoms with van der Waals surface area (Å²) in [4.78, 5) is 16.2. The average molecular weight is 364 g/mol. The van der Waals surface area contributed by atoms with Crippen LogP contribution in [0.5, 0.6) is 0 Å². The lowest BCUT2D eigenvalue weighted by Crippen LogP contribution is -2.11. The van der Waals surface area contributed by atoms with Crippen LogP contribution in [-0.4, -0.2) is 28.5 Å². The van der Waals surface area contributed by atoms with Crippen molar-refractivity contribution in [1.82, 2.24) is 4.57 Å². The Kier molecular flexibility index (Phi) is 4.79. The molecule has 0 fully saturated rings. The van der Waals surface area contributed by atoms with E-state index in [9.17, 15) is 9.90 Å². The van der Waals surface area contributed by atoms with Crippen molar-refractivity contribution in [2.45, 2.75) is 34.6 Å². The number of methoxy groups -OCH3 is 1. The molecule has 1 aromatic heterocycles. The Morgan fingerprint density at radius 2 is 1.81 bits per heavy atom. The minimum absolute atomic E-state index is 0.117. The van der Waals surface area contributed by atoms with E-state index < -0.39 is 5.97 Å². The Morgan fingerprint density at radius 1 is 1.11 bits per heavy atom. The van der Waals surface area contributed by atoms with Crippen molar-refractivity contribution in [3.63, 3.8) is 0 Å². The first-order chi connectivity index (χ1) is 12.7. The number of aromatic nitrogens is 1. The van der Waals surface area contributed by atoms with Crippen LogP contribution in [0.15, 0.2) is 46.3 Å². The first kappa shape index (κ1) is 18.7. The van der Waals surface area contributed by atoms with Gasteiger partial charge in [0.25, 0.3) is 0 Å². The maximum Gasteiger partial charge on any atom is 0.343 e. The van der Waals surface area contributed by atoms with E-state index in [4.69, 9.17) is 4.74 Å². The number of ether oxygens (including phenoxy) is 1. The molecule has 0 amide bonds. The van der Waals surface area contributed by atoms with Gasteiger partial charge >= 0.3 is 5.97 Å². The smallest absolute Gasteiger partial charge is 0.343 e. The number of aryl methyl sites for hydroxylation is 3. The molecule has 3 rings (SSSR count). The van der Waals surface area contributed by atoms with Gasteiger partial charge in [-0.1, -0.05) is 6.07 Å². The van der Waals surface area contributed by atoms with Crippen molar-refractivity contribution in [3.05, 3.63) is 69.4 Å². The van der Waals surface area contributed by atoms with Gasteiger partial charge in [0.15, 0.2) is 5.76 Å². The van der Waals surface area contributed by atoms with E-state index in [1.165, 1.54) is 18.2 Å². The third kappa shape index (κ3) is 3.21. The van der Waals surface area contributed by atoms with Gasteiger partial charge < -0.3 is 14.4 Å². The summed E-state index contributed by atoms with van der Waals surface area (Å²) in [6, 6.07) is 8.43. The molecular formula is C22H24N2O3. The fourth-order valence-corrected chi connectivity index (χ4v) is 3.38. The van der Waals surface area contributed by atoms with Crippen LogP contribution in [0.1, 0.15) is 35.0 Å². The zero-order valence-corrected chi connectivity index (χ0v) is 16.5. The maximum atomic E-state index is 11.9. The van der Waals surface area contributed by atoms with Crippen molar-refractivity contribution in [3.8, 4) is 5.69 Å². The first-order valence-corrected chi connectivity index (χ1v) is 8.80. The Morgan fingerprint density at radius 3 is 2.44 bits per heavy atom. The molecule has 1 aromatic carbocycles. The van der Waals surface area contributed by atoms with Crippen LogP contribution in [0, 0.1) is 27.7 Å². The van der Waals surface area contributed by atoms with Crippen molar-refractivity contribution < 1.29 is 14.6 Å².